The number of hydrogen-bond acceptors (Lipinski definition) is 7. The summed E-state index contributed by atoms with van der Waals surface area (Å²) in [6.45, 7) is 1.81. The van der Waals surface area contributed by atoms with Crippen LogP contribution in [0.15, 0.2) is 10.6 Å². The van der Waals surface area contributed by atoms with E-state index in [4.69, 9.17) is 4.52 Å². The molecule has 0 radical (unpaired) electrons. The van der Waals surface area contributed by atoms with Crippen LogP contribution in [-0.2, 0) is 36.0 Å². The summed E-state index contributed by atoms with van der Waals surface area (Å²) < 4.78 is 52.5. The van der Waals surface area contributed by atoms with Crippen molar-refractivity contribution in [3.63, 3.8) is 0 Å². The van der Waals surface area contributed by atoms with Gasteiger partial charge in [0.2, 0.25) is 0 Å². The Kier molecular flexibility index (Phi) is 3.71. The average Bonchev–Trinajstić information content (AvgIpc) is 2.46. The van der Waals surface area contributed by atoms with Crippen molar-refractivity contribution >= 4 is 20.2 Å². The van der Waals surface area contributed by atoms with Crippen molar-refractivity contribution in [2.45, 2.75) is 19.1 Å². The fourth-order valence-corrected chi connectivity index (χ4v) is 3.18. The molecule has 1 heterocycles. The van der Waals surface area contributed by atoms with Crippen LogP contribution in [0.5, 0.6) is 0 Å². The Labute approximate surface area is 93.6 Å². The van der Waals surface area contributed by atoms with Crippen LogP contribution in [-0.4, -0.2) is 28.2 Å². The van der Waals surface area contributed by atoms with E-state index in [1.807, 2.05) is 6.92 Å². The molecular weight excluding hydrogens is 258 g/mol. The molecule has 0 aliphatic heterocycles. The highest BCUT2D eigenvalue weighted by atomic mass is 32.3. The van der Waals surface area contributed by atoms with Crippen LogP contribution in [0, 0.1) is 0 Å². The van der Waals surface area contributed by atoms with Gasteiger partial charge in [-0.25, -0.2) is 0 Å². The minimum Gasteiger partial charge on any atom is -0.361 e. The van der Waals surface area contributed by atoms with E-state index < -0.39 is 26.0 Å². The minimum atomic E-state index is -4.20. The molecule has 7 nitrogen and oxygen atoms in total. The van der Waals surface area contributed by atoms with E-state index in [1.165, 1.54) is 6.07 Å². The molecule has 9 heteroatoms. The maximum atomic E-state index is 11.2. The predicted octanol–water partition coefficient (Wildman–Crippen LogP) is 0.0430. The summed E-state index contributed by atoms with van der Waals surface area (Å²) in [5.74, 6) is -0.117. The van der Waals surface area contributed by atoms with Crippen molar-refractivity contribution in [2.75, 3.05) is 6.26 Å². The largest absolute Gasteiger partial charge is 0.361 e. The van der Waals surface area contributed by atoms with E-state index in [1.54, 1.807) is 0 Å². The number of aromatic nitrogens is 1. The highest BCUT2D eigenvalue weighted by molar-refractivity contribution is 7.99. The van der Waals surface area contributed by atoms with Crippen LogP contribution < -0.4 is 0 Å². The van der Waals surface area contributed by atoms with Crippen LogP contribution in [0.4, 0.5) is 0 Å². The molecule has 0 unspecified atom stereocenters. The zero-order valence-corrected chi connectivity index (χ0v) is 10.3. The number of nitrogens with zero attached hydrogens (tertiary/aromatic N) is 1. The van der Waals surface area contributed by atoms with Crippen molar-refractivity contribution in [1.82, 2.24) is 5.16 Å². The third-order valence-corrected chi connectivity index (χ3v) is 3.98. The van der Waals surface area contributed by atoms with Gasteiger partial charge >= 0.3 is 0 Å². The molecule has 92 valence electrons. The van der Waals surface area contributed by atoms with E-state index in [0.717, 1.165) is 0 Å². The second-order valence-electron chi connectivity index (χ2n) is 3.11. The fraction of sp³-hybridized carbons (Fsp3) is 0.571. The summed E-state index contributed by atoms with van der Waals surface area (Å²) in [7, 11) is -8.24. The molecule has 0 atom stereocenters. The molecule has 0 bridgehead atoms. The quantitative estimate of drug-likeness (QED) is 0.743. The Morgan fingerprint density at radius 1 is 1.38 bits per heavy atom. The summed E-state index contributed by atoms with van der Waals surface area (Å²) in [5, 5.41) is 3.47. The van der Waals surface area contributed by atoms with Gasteiger partial charge in [-0.2, -0.15) is 16.8 Å². The number of hydrogen-bond donors (Lipinski definition) is 0. The lowest BCUT2D eigenvalue weighted by atomic mass is 10.3. The Hall–Kier alpha value is -0.930. The second-order valence-corrected chi connectivity index (χ2v) is 6.47. The lowest BCUT2D eigenvalue weighted by molar-refractivity contribution is 0.381. The summed E-state index contributed by atoms with van der Waals surface area (Å²) in [4.78, 5) is 0. The highest BCUT2D eigenvalue weighted by Crippen LogP contribution is 2.10. The molecule has 0 N–H and O–H groups in total. The highest BCUT2D eigenvalue weighted by Gasteiger charge is 2.21. The van der Waals surface area contributed by atoms with Gasteiger partial charge in [0.15, 0.2) is 0 Å². The van der Waals surface area contributed by atoms with Crippen LogP contribution in [0.1, 0.15) is 18.4 Å². The molecule has 0 aliphatic rings. The van der Waals surface area contributed by atoms with E-state index in [0.29, 0.717) is 18.4 Å². The Bertz CT molecular complexity index is 555. The lowest BCUT2D eigenvalue weighted by Crippen LogP contribution is -2.14. The lowest BCUT2D eigenvalue weighted by Gasteiger charge is -1.99. The maximum Gasteiger partial charge on any atom is 0.287 e. The van der Waals surface area contributed by atoms with Crippen molar-refractivity contribution < 1.29 is 25.0 Å². The summed E-state index contributed by atoms with van der Waals surface area (Å²) >= 11 is 0. The SMILES string of the molecule is CCc1cc(CS(=O)(=O)OS(C)(=O)=O)no1. The van der Waals surface area contributed by atoms with Gasteiger partial charge in [-0.15, -0.1) is 3.63 Å². The van der Waals surface area contributed by atoms with Gasteiger partial charge in [0.05, 0.1) is 6.26 Å². The molecule has 0 aromatic carbocycles. The van der Waals surface area contributed by atoms with Crippen molar-refractivity contribution in [2.24, 2.45) is 0 Å². The minimum absolute atomic E-state index is 0.112. The second kappa shape index (κ2) is 4.52. The topological polar surface area (TPSA) is 104 Å². The van der Waals surface area contributed by atoms with Crippen molar-refractivity contribution in [1.29, 1.82) is 0 Å². The van der Waals surface area contributed by atoms with Crippen molar-refractivity contribution in [3.8, 4) is 0 Å². The number of aryl methyl sites for hydroxylation is 1. The van der Waals surface area contributed by atoms with Gasteiger partial charge in [-0.05, 0) is 0 Å². The van der Waals surface area contributed by atoms with Gasteiger partial charge in [0.1, 0.15) is 17.2 Å². The smallest absolute Gasteiger partial charge is 0.287 e. The molecule has 1 rings (SSSR count). The first kappa shape index (κ1) is 13.1. The molecule has 0 saturated heterocycles. The Morgan fingerprint density at radius 2 is 2.00 bits per heavy atom. The van der Waals surface area contributed by atoms with E-state index in [-0.39, 0.29) is 5.69 Å². The van der Waals surface area contributed by atoms with E-state index >= 15 is 0 Å². The summed E-state index contributed by atoms with van der Waals surface area (Å²) in [6.07, 6.45) is 1.23. The standard InChI is InChI=1S/C7H11NO6S2/c1-3-7-4-6(8-13-7)5-16(11,12)14-15(2,9)10/h4H,3,5H2,1-2H3. The first-order chi connectivity index (χ1) is 7.22. The van der Waals surface area contributed by atoms with Crippen LogP contribution in [0.25, 0.3) is 0 Å². The normalized spacial score (nSPS) is 12.9. The molecular formula is C7H11NO6S2. The zero-order valence-electron chi connectivity index (χ0n) is 8.70. The van der Waals surface area contributed by atoms with Gasteiger partial charge in [-0.1, -0.05) is 12.1 Å². The number of rotatable bonds is 5. The van der Waals surface area contributed by atoms with Crippen LogP contribution >= 0.6 is 0 Å². The molecule has 0 amide bonds. The molecule has 1 aromatic rings. The first-order valence-electron chi connectivity index (χ1n) is 4.30. The molecule has 16 heavy (non-hydrogen) atoms. The molecule has 0 spiro atoms. The van der Waals surface area contributed by atoms with E-state index in [2.05, 4.69) is 8.79 Å². The van der Waals surface area contributed by atoms with E-state index in [9.17, 15) is 16.8 Å². The first-order valence-corrected chi connectivity index (χ1v) is 7.69. The van der Waals surface area contributed by atoms with Gasteiger partial charge in [-0.3, -0.25) is 0 Å². The molecule has 0 saturated carbocycles. The third kappa shape index (κ3) is 4.29. The third-order valence-electron chi connectivity index (χ3n) is 1.51. The summed E-state index contributed by atoms with van der Waals surface area (Å²) in [6, 6.07) is 1.43. The van der Waals surface area contributed by atoms with Crippen molar-refractivity contribution in [3.05, 3.63) is 17.5 Å². The molecule has 0 aliphatic carbocycles. The Balaban J connectivity index is 2.81. The average molecular weight is 269 g/mol. The van der Waals surface area contributed by atoms with Gasteiger partial charge < -0.3 is 4.52 Å². The zero-order chi connectivity index (χ0) is 12.4. The maximum absolute atomic E-state index is 11.2. The molecule has 1 aromatic heterocycles. The molecule has 0 fully saturated rings. The Morgan fingerprint density at radius 3 is 2.44 bits per heavy atom. The summed E-state index contributed by atoms with van der Waals surface area (Å²) in [5.41, 5.74) is 0.112. The van der Waals surface area contributed by atoms with Gasteiger partial charge in [0.25, 0.3) is 20.2 Å². The van der Waals surface area contributed by atoms with Gasteiger partial charge in [0, 0.05) is 12.5 Å². The van der Waals surface area contributed by atoms with Crippen LogP contribution in [0.2, 0.25) is 0 Å². The predicted molar refractivity (Wildman–Crippen MR) is 54.4 cm³/mol. The fourth-order valence-electron chi connectivity index (χ4n) is 0.984. The monoisotopic (exact) mass is 269 g/mol. The van der Waals surface area contributed by atoms with Crippen LogP contribution in [0.3, 0.4) is 0 Å².